The van der Waals surface area contributed by atoms with E-state index in [2.05, 4.69) is 16.1 Å². The normalized spacial score (nSPS) is 20.7. The van der Waals surface area contributed by atoms with E-state index >= 15 is 0 Å². The number of benzene rings is 1. The van der Waals surface area contributed by atoms with E-state index in [0.29, 0.717) is 12.6 Å². The summed E-state index contributed by atoms with van der Waals surface area (Å²) < 4.78 is 1.90. The van der Waals surface area contributed by atoms with Crippen LogP contribution in [0.3, 0.4) is 0 Å². The Morgan fingerprint density at radius 1 is 0.966 bits per heavy atom. The first-order valence-corrected chi connectivity index (χ1v) is 10.5. The number of likely N-dealkylation sites (tertiary alicyclic amines) is 2. The summed E-state index contributed by atoms with van der Waals surface area (Å²) in [5.74, 6) is 0.140. The molecule has 7 heteroatoms. The highest BCUT2D eigenvalue weighted by Gasteiger charge is 2.33. The van der Waals surface area contributed by atoms with E-state index in [-0.39, 0.29) is 17.7 Å². The van der Waals surface area contributed by atoms with Crippen LogP contribution in [0, 0.1) is 19.8 Å². The molecule has 0 bridgehead atoms. The Hall–Kier alpha value is -2.70. The Balaban J connectivity index is 1.37. The van der Waals surface area contributed by atoms with E-state index in [1.54, 1.807) is 12.7 Å². The molecule has 0 saturated carbocycles. The maximum Gasteiger partial charge on any atom is 0.253 e. The number of rotatable bonds is 3. The molecule has 0 radical (unpaired) electrons. The minimum atomic E-state index is -0.0958. The van der Waals surface area contributed by atoms with Crippen molar-refractivity contribution >= 4 is 11.8 Å². The molecule has 2 aromatic rings. The lowest BCUT2D eigenvalue weighted by Crippen LogP contribution is -2.48. The third kappa shape index (κ3) is 4.33. The van der Waals surface area contributed by atoms with E-state index < -0.39 is 0 Å². The van der Waals surface area contributed by atoms with E-state index in [1.807, 2.05) is 40.5 Å². The lowest BCUT2D eigenvalue weighted by atomic mass is 9.94. The molecule has 4 rings (SSSR count). The summed E-state index contributed by atoms with van der Waals surface area (Å²) >= 11 is 0. The molecule has 1 aromatic carbocycles. The van der Waals surface area contributed by atoms with Gasteiger partial charge in [-0.1, -0.05) is 17.2 Å². The van der Waals surface area contributed by atoms with Gasteiger partial charge in [-0.3, -0.25) is 9.59 Å². The molecule has 1 aromatic heterocycles. The number of piperidine rings is 2. The number of carbonyl (C=O) groups excluding carboxylic acids is 2. The molecule has 2 saturated heterocycles. The minimum Gasteiger partial charge on any atom is -0.342 e. The molecule has 2 fully saturated rings. The lowest BCUT2D eigenvalue weighted by molar-refractivity contribution is -0.138. The molecule has 3 heterocycles. The number of aryl methyl sites for hydroxylation is 2. The van der Waals surface area contributed by atoms with Crippen molar-refractivity contribution in [3.05, 3.63) is 47.5 Å². The molecule has 7 nitrogen and oxygen atoms in total. The lowest BCUT2D eigenvalue weighted by Gasteiger charge is -2.37. The predicted octanol–water partition coefficient (Wildman–Crippen LogP) is 2.61. The van der Waals surface area contributed by atoms with Crippen LogP contribution in [0.2, 0.25) is 0 Å². The molecule has 1 atom stereocenters. The summed E-state index contributed by atoms with van der Waals surface area (Å²) in [5, 5.41) is 4.23. The Kier molecular flexibility index (Phi) is 5.65. The van der Waals surface area contributed by atoms with E-state index in [4.69, 9.17) is 0 Å². The van der Waals surface area contributed by atoms with Gasteiger partial charge < -0.3 is 9.80 Å². The van der Waals surface area contributed by atoms with Gasteiger partial charge in [0.15, 0.2) is 0 Å². The van der Waals surface area contributed by atoms with Crippen LogP contribution in [-0.4, -0.2) is 62.6 Å². The van der Waals surface area contributed by atoms with Crippen molar-refractivity contribution in [2.75, 3.05) is 26.2 Å². The number of aromatic nitrogens is 3. The SMILES string of the molecule is Cc1cc(C)cc(C(=O)N2CCCC(C(=O)N3CCC(n4cncn4)CC3)C2)c1. The van der Waals surface area contributed by atoms with Crippen LogP contribution < -0.4 is 0 Å². The molecule has 0 N–H and O–H groups in total. The summed E-state index contributed by atoms with van der Waals surface area (Å²) in [6, 6.07) is 6.27. The Labute approximate surface area is 171 Å². The summed E-state index contributed by atoms with van der Waals surface area (Å²) in [6.45, 7) is 6.75. The number of hydrogen-bond donors (Lipinski definition) is 0. The van der Waals surface area contributed by atoms with Gasteiger partial charge in [-0.05, 0) is 51.7 Å². The fourth-order valence-electron chi connectivity index (χ4n) is 4.66. The summed E-state index contributed by atoms with van der Waals surface area (Å²) in [5.41, 5.74) is 2.91. The number of nitrogens with zero attached hydrogens (tertiary/aromatic N) is 5. The third-order valence-electron chi connectivity index (χ3n) is 6.11. The first-order valence-electron chi connectivity index (χ1n) is 10.5. The van der Waals surface area contributed by atoms with E-state index in [0.717, 1.165) is 62.0 Å². The number of hydrogen-bond acceptors (Lipinski definition) is 4. The van der Waals surface area contributed by atoms with Crippen LogP contribution in [0.5, 0.6) is 0 Å². The van der Waals surface area contributed by atoms with Gasteiger partial charge in [0.2, 0.25) is 5.91 Å². The molecule has 2 aliphatic rings. The van der Waals surface area contributed by atoms with Gasteiger partial charge >= 0.3 is 0 Å². The highest BCUT2D eigenvalue weighted by molar-refractivity contribution is 5.95. The zero-order valence-corrected chi connectivity index (χ0v) is 17.3. The molecule has 154 valence electrons. The fraction of sp³-hybridized carbons (Fsp3) is 0.545. The zero-order valence-electron chi connectivity index (χ0n) is 17.3. The van der Waals surface area contributed by atoms with Crippen LogP contribution in [-0.2, 0) is 4.79 Å². The van der Waals surface area contributed by atoms with Crippen LogP contribution in [0.25, 0.3) is 0 Å². The van der Waals surface area contributed by atoms with Crippen LogP contribution in [0.1, 0.15) is 53.2 Å². The van der Waals surface area contributed by atoms with Gasteiger partial charge in [-0.25, -0.2) is 9.67 Å². The van der Waals surface area contributed by atoms with Crippen molar-refractivity contribution in [1.29, 1.82) is 0 Å². The topological polar surface area (TPSA) is 71.3 Å². The van der Waals surface area contributed by atoms with Crippen molar-refractivity contribution in [1.82, 2.24) is 24.6 Å². The van der Waals surface area contributed by atoms with Gasteiger partial charge in [0.25, 0.3) is 5.91 Å². The van der Waals surface area contributed by atoms with E-state index in [1.165, 1.54) is 0 Å². The van der Waals surface area contributed by atoms with Gasteiger partial charge in [-0.15, -0.1) is 0 Å². The largest absolute Gasteiger partial charge is 0.342 e. The van der Waals surface area contributed by atoms with Gasteiger partial charge in [-0.2, -0.15) is 5.10 Å². The molecule has 2 aliphatic heterocycles. The highest BCUT2D eigenvalue weighted by Crippen LogP contribution is 2.26. The van der Waals surface area contributed by atoms with E-state index in [9.17, 15) is 9.59 Å². The van der Waals surface area contributed by atoms with Crippen molar-refractivity contribution < 1.29 is 9.59 Å². The molecule has 1 unspecified atom stereocenters. The van der Waals surface area contributed by atoms with Crippen molar-refractivity contribution in [3.8, 4) is 0 Å². The Morgan fingerprint density at radius 2 is 1.69 bits per heavy atom. The van der Waals surface area contributed by atoms with Crippen molar-refractivity contribution in [2.24, 2.45) is 5.92 Å². The summed E-state index contributed by atoms with van der Waals surface area (Å²) in [4.78, 5) is 34.0. The molecular weight excluding hydrogens is 366 g/mol. The monoisotopic (exact) mass is 395 g/mol. The van der Waals surface area contributed by atoms with Crippen LogP contribution >= 0.6 is 0 Å². The summed E-state index contributed by atoms with van der Waals surface area (Å²) in [7, 11) is 0. The second-order valence-electron chi connectivity index (χ2n) is 8.40. The van der Waals surface area contributed by atoms with Crippen molar-refractivity contribution in [2.45, 2.75) is 45.6 Å². The fourth-order valence-corrected chi connectivity index (χ4v) is 4.66. The quantitative estimate of drug-likeness (QED) is 0.801. The first kappa shape index (κ1) is 19.6. The molecule has 29 heavy (non-hydrogen) atoms. The third-order valence-corrected chi connectivity index (χ3v) is 6.11. The molecule has 2 amide bonds. The average Bonchev–Trinajstić information content (AvgIpc) is 3.27. The van der Waals surface area contributed by atoms with Gasteiger partial charge in [0.1, 0.15) is 12.7 Å². The molecule has 0 aliphatic carbocycles. The number of amides is 2. The average molecular weight is 396 g/mol. The molecular formula is C22H29N5O2. The maximum atomic E-state index is 13.1. The Morgan fingerprint density at radius 3 is 2.34 bits per heavy atom. The second-order valence-corrected chi connectivity index (χ2v) is 8.40. The zero-order chi connectivity index (χ0) is 20.4. The van der Waals surface area contributed by atoms with Crippen molar-refractivity contribution in [3.63, 3.8) is 0 Å². The van der Waals surface area contributed by atoms with Crippen LogP contribution in [0.15, 0.2) is 30.9 Å². The minimum absolute atomic E-state index is 0.0409. The van der Waals surface area contributed by atoms with Gasteiger partial charge in [0, 0.05) is 31.7 Å². The standard InChI is InChI=1S/C22H29N5O2/c1-16-10-17(2)12-19(11-16)22(29)26-7-3-4-18(13-26)21(28)25-8-5-20(6-9-25)27-15-23-14-24-27/h10-12,14-15,18,20H,3-9,13H2,1-2H3. The maximum absolute atomic E-state index is 13.1. The van der Waals surface area contributed by atoms with Crippen LogP contribution in [0.4, 0.5) is 0 Å². The second kappa shape index (κ2) is 8.35. The molecule has 0 spiro atoms. The van der Waals surface area contributed by atoms with Gasteiger partial charge in [0.05, 0.1) is 12.0 Å². The number of carbonyl (C=O) groups is 2. The Bertz CT molecular complexity index is 851. The first-order chi connectivity index (χ1) is 14.0. The highest BCUT2D eigenvalue weighted by atomic mass is 16.2. The predicted molar refractivity (Wildman–Crippen MR) is 109 cm³/mol. The smallest absolute Gasteiger partial charge is 0.253 e. The summed E-state index contributed by atoms with van der Waals surface area (Å²) in [6.07, 6.45) is 6.83.